The van der Waals surface area contributed by atoms with Crippen molar-refractivity contribution in [2.24, 2.45) is 0 Å². The van der Waals surface area contributed by atoms with Crippen LogP contribution in [0.15, 0.2) is 28.1 Å². The molecule has 1 aromatic heterocycles. The Hall–Kier alpha value is -1.04. The third kappa shape index (κ3) is 2.63. The first-order valence-electron chi connectivity index (χ1n) is 5.28. The number of methoxy groups -OCH3 is 2. The highest BCUT2D eigenvalue weighted by molar-refractivity contribution is 9.10. The van der Waals surface area contributed by atoms with Gasteiger partial charge in [0.2, 0.25) is 5.78 Å². The number of ketones is 1. The van der Waals surface area contributed by atoms with Gasteiger partial charge in [0.15, 0.2) is 5.75 Å². The van der Waals surface area contributed by atoms with Gasteiger partial charge in [0, 0.05) is 4.47 Å². The van der Waals surface area contributed by atoms with E-state index in [-0.39, 0.29) is 5.78 Å². The number of hydrogen-bond donors (Lipinski definition) is 0. The predicted octanol–water partition coefficient (Wildman–Crippen LogP) is 4.41. The van der Waals surface area contributed by atoms with Crippen LogP contribution in [0.1, 0.15) is 15.2 Å². The van der Waals surface area contributed by atoms with Gasteiger partial charge in [-0.25, -0.2) is 0 Å². The van der Waals surface area contributed by atoms with E-state index in [0.29, 0.717) is 27.0 Å². The number of thiophene rings is 1. The van der Waals surface area contributed by atoms with E-state index in [1.807, 2.05) is 11.4 Å². The molecule has 0 saturated heterocycles. The van der Waals surface area contributed by atoms with Crippen LogP contribution in [0.4, 0.5) is 0 Å². The van der Waals surface area contributed by atoms with Gasteiger partial charge in [-0.1, -0.05) is 11.6 Å². The largest absolute Gasteiger partial charge is 0.495 e. The molecule has 0 amide bonds. The second-order valence-electron chi connectivity index (χ2n) is 3.59. The average molecular weight is 362 g/mol. The maximum atomic E-state index is 12.5. The van der Waals surface area contributed by atoms with Crippen LogP contribution in [0.25, 0.3) is 0 Å². The lowest BCUT2D eigenvalue weighted by Gasteiger charge is -2.12. The van der Waals surface area contributed by atoms with Crippen molar-refractivity contribution in [3.05, 3.63) is 43.5 Å². The summed E-state index contributed by atoms with van der Waals surface area (Å²) < 4.78 is 11.1. The Balaban J connectivity index is 2.54. The zero-order chi connectivity index (χ0) is 14.0. The molecule has 0 N–H and O–H groups in total. The Morgan fingerprint density at radius 2 is 2.00 bits per heavy atom. The summed E-state index contributed by atoms with van der Waals surface area (Å²) in [5.74, 6) is 0.662. The number of benzene rings is 1. The van der Waals surface area contributed by atoms with E-state index in [2.05, 4.69) is 15.9 Å². The molecule has 2 rings (SSSR count). The topological polar surface area (TPSA) is 35.5 Å². The summed E-state index contributed by atoms with van der Waals surface area (Å²) in [4.78, 5) is 13.1. The summed E-state index contributed by atoms with van der Waals surface area (Å²) in [5.41, 5.74) is 0.413. The maximum absolute atomic E-state index is 12.5. The minimum Gasteiger partial charge on any atom is -0.495 e. The Morgan fingerprint density at radius 1 is 1.26 bits per heavy atom. The molecule has 0 unspecified atom stereocenters. The average Bonchev–Trinajstić information content (AvgIpc) is 2.83. The standard InChI is InChI=1S/C13H10BrClO3S/c1-17-9-4-3-7(12(18-2)10(9)15)11(16)13-8(14)5-6-19-13/h3-6H,1-2H3. The van der Waals surface area contributed by atoms with Crippen LogP contribution < -0.4 is 9.47 Å². The SMILES string of the molecule is COc1ccc(C(=O)c2sccc2Br)c(OC)c1Cl. The highest BCUT2D eigenvalue weighted by Crippen LogP contribution is 2.38. The highest BCUT2D eigenvalue weighted by Gasteiger charge is 2.22. The van der Waals surface area contributed by atoms with Gasteiger partial charge in [-0.05, 0) is 39.5 Å². The van der Waals surface area contributed by atoms with Crippen molar-refractivity contribution in [2.45, 2.75) is 0 Å². The lowest BCUT2D eigenvalue weighted by atomic mass is 10.1. The lowest BCUT2D eigenvalue weighted by Crippen LogP contribution is -2.04. The molecule has 0 aliphatic rings. The fourth-order valence-electron chi connectivity index (χ4n) is 1.65. The zero-order valence-electron chi connectivity index (χ0n) is 10.2. The number of ether oxygens (including phenoxy) is 2. The van der Waals surface area contributed by atoms with Gasteiger partial charge in [-0.3, -0.25) is 4.79 Å². The summed E-state index contributed by atoms with van der Waals surface area (Å²) in [6, 6.07) is 5.13. The lowest BCUT2D eigenvalue weighted by molar-refractivity contribution is 0.103. The van der Waals surface area contributed by atoms with Crippen molar-refractivity contribution in [2.75, 3.05) is 14.2 Å². The highest BCUT2D eigenvalue weighted by atomic mass is 79.9. The third-order valence-corrected chi connectivity index (χ3v) is 4.75. The Bertz CT molecular complexity index is 624. The maximum Gasteiger partial charge on any atom is 0.207 e. The van der Waals surface area contributed by atoms with Crippen LogP contribution in [-0.2, 0) is 0 Å². The van der Waals surface area contributed by atoms with Crippen molar-refractivity contribution < 1.29 is 14.3 Å². The van der Waals surface area contributed by atoms with Crippen LogP contribution in [0.3, 0.4) is 0 Å². The fourth-order valence-corrected chi connectivity index (χ4v) is 3.48. The quantitative estimate of drug-likeness (QED) is 0.757. The molecule has 0 aliphatic carbocycles. The van der Waals surface area contributed by atoms with Gasteiger partial charge in [0.05, 0.1) is 24.7 Å². The van der Waals surface area contributed by atoms with Gasteiger partial charge >= 0.3 is 0 Å². The van der Waals surface area contributed by atoms with Crippen LogP contribution in [0.5, 0.6) is 11.5 Å². The van der Waals surface area contributed by atoms with Crippen molar-refractivity contribution in [1.29, 1.82) is 0 Å². The fraction of sp³-hybridized carbons (Fsp3) is 0.154. The normalized spacial score (nSPS) is 10.3. The second kappa shape index (κ2) is 5.94. The van der Waals surface area contributed by atoms with E-state index >= 15 is 0 Å². The van der Waals surface area contributed by atoms with E-state index in [1.165, 1.54) is 25.6 Å². The van der Waals surface area contributed by atoms with Crippen LogP contribution in [0, 0.1) is 0 Å². The molecule has 2 aromatic rings. The number of rotatable bonds is 4. The molecule has 0 atom stereocenters. The molecule has 0 bridgehead atoms. The first-order chi connectivity index (χ1) is 9.10. The van der Waals surface area contributed by atoms with Crippen molar-refractivity contribution >= 4 is 44.7 Å². The third-order valence-electron chi connectivity index (χ3n) is 2.55. The zero-order valence-corrected chi connectivity index (χ0v) is 13.4. The van der Waals surface area contributed by atoms with Gasteiger partial charge in [-0.2, -0.15) is 0 Å². The molecule has 19 heavy (non-hydrogen) atoms. The summed E-state index contributed by atoms with van der Waals surface area (Å²) in [6.07, 6.45) is 0. The monoisotopic (exact) mass is 360 g/mol. The number of halogens is 2. The Morgan fingerprint density at radius 3 is 2.53 bits per heavy atom. The van der Waals surface area contributed by atoms with Crippen LogP contribution in [0.2, 0.25) is 5.02 Å². The molecule has 0 spiro atoms. The minimum atomic E-state index is -0.136. The molecule has 0 saturated carbocycles. The first kappa shape index (κ1) is 14.4. The summed E-state index contributed by atoms with van der Waals surface area (Å²) in [6.45, 7) is 0. The van der Waals surface area contributed by atoms with Crippen molar-refractivity contribution in [1.82, 2.24) is 0 Å². The molecule has 1 heterocycles. The summed E-state index contributed by atoms with van der Waals surface area (Å²) >= 11 is 10.9. The predicted molar refractivity (Wildman–Crippen MR) is 80.0 cm³/mol. The van der Waals surface area contributed by atoms with E-state index < -0.39 is 0 Å². The van der Waals surface area contributed by atoms with Crippen molar-refractivity contribution in [3.63, 3.8) is 0 Å². The molecule has 0 radical (unpaired) electrons. The van der Waals surface area contributed by atoms with Gasteiger partial charge in [0.25, 0.3) is 0 Å². The molecule has 100 valence electrons. The summed E-state index contributed by atoms with van der Waals surface area (Å²) in [5, 5.41) is 2.14. The minimum absolute atomic E-state index is 0.136. The Kier molecular flexibility index (Phi) is 4.50. The number of carbonyl (C=O) groups is 1. The Labute approximate surface area is 128 Å². The molecular formula is C13H10BrClO3S. The van der Waals surface area contributed by atoms with Crippen LogP contribution in [-0.4, -0.2) is 20.0 Å². The molecule has 6 heteroatoms. The van der Waals surface area contributed by atoms with Gasteiger partial charge in [0.1, 0.15) is 10.8 Å². The van der Waals surface area contributed by atoms with Crippen LogP contribution >= 0.6 is 38.9 Å². The molecule has 0 fully saturated rings. The van der Waals surface area contributed by atoms with E-state index in [4.69, 9.17) is 21.1 Å². The van der Waals surface area contributed by atoms with Gasteiger partial charge < -0.3 is 9.47 Å². The van der Waals surface area contributed by atoms with E-state index in [9.17, 15) is 4.79 Å². The molecule has 0 aliphatic heterocycles. The first-order valence-corrected chi connectivity index (χ1v) is 7.33. The number of carbonyl (C=O) groups excluding carboxylic acids is 1. The van der Waals surface area contributed by atoms with E-state index in [1.54, 1.807) is 12.1 Å². The molecule has 1 aromatic carbocycles. The second-order valence-corrected chi connectivity index (χ2v) is 5.74. The van der Waals surface area contributed by atoms with Gasteiger partial charge in [-0.15, -0.1) is 11.3 Å². The smallest absolute Gasteiger partial charge is 0.207 e. The molecular weight excluding hydrogens is 352 g/mol. The van der Waals surface area contributed by atoms with Crippen molar-refractivity contribution in [3.8, 4) is 11.5 Å². The number of hydrogen-bond acceptors (Lipinski definition) is 4. The van der Waals surface area contributed by atoms with E-state index in [0.717, 1.165) is 4.47 Å². The summed E-state index contributed by atoms with van der Waals surface area (Å²) in [7, 11) is 2.99. The molecule has 3 nitrogen and oxygen atoms in total.